The normalized spacial score (nSPS) is 13.4. The van der Waals surface area contributed by atoms with E-state index >= 15 is 0 Å². The third-order valence-corrected chi connectivity index (χ3v) is 13.2. The van der Waals surface area contributed by atoms with Crippen LogP contribution in [0.5, 0.6) is 11.5 Å². The predicted octanol–water partition coefficient (Wildman–Crippen LogP) is 14.7. The van der Waals surface area contributed by atoms with E-state index in [1.165, 1.54) is 86.8 Å². The van der Waals surface area contributed by atoms with Gasteiger partial charge < -0.3 is 4.74 Å². The first-order valence-corrected chi connectivity index (χ1v) is 19.7. The van der Waals surface area contributed by atoms with Gasteiger partial charge in [0.15, 0.2) is 0 Å². The molecule has 2 aliphatic rings. The van der Waals surface area contributed by atoms with Gasteiger partial charge >= 0.3 is 0 Å². The van der Waals surface area contributed by atoms with E-state index in [-0.39, 0.29) is 0 Å². The molecule has 10 aromatic rings. The van der Waals surface area contributed by atoms with Crippen molar-refractivity contribution < 1.29 is 4.74 Å². The molecule has 0 saturated carbocycles. The van der Waals surface area contributed by atoms with Crippen molar-refractivity contribution in [3.63, 3.8) is 0 Å². The second-order valence-corrected chi connectivity index (χ2v) is 15.7. The van der Waals surface area contributed by atoms with Crippen LogP contribution in [-0.4, -0.2) is 0 Å². The van der Waals surface area contributed by atoms with E-state index in [1.54, 1.807) is 0 Å². The van der Waals surface area contributed by atoms with Gasteiger partial charge in [-0.05, 0) is 90.8 Å². The van der Waals surface area contributed by atoms with Crippen LogP contribution in [0.2, 0.25) is 0 Å². The van der Waals surface area contributed by atoms with Crippen LogP contribution >= 0.6 is 11.3 Å². The van der Waals surface area contributed by atoms with E-state index < -0.39 is 5.41 Å². The first-order valence-electron chi connectivity index (χ1n) is 18.9. The zero-order valence-corrected chi connectivity index (χ0v) is 30.6. The van der Waals surface area contributed by atoms with Crippen LogP contribution in [0.1, 0.15) is 22.3 Å². The minimum Gasteiger partial charge on any atom is -0.456 e. The van der Waals surface area contributed by atoms with E-state index in [1.807, 2.05) is 11.3 Å². The van der Waals surface area contributed by atoms with Gasteiger partial charge in [-0.25, -0.2) is 0 Å². The molecule has 2 heteroatoms. The first-order chi connectivity index (χ1) is 27.3. The third kappa shape index (κ3) is 4.23. The average molecular weight is 717 g/mol. The van der Waals surface area contributed by atoms with Gasteiger partial charge in [0.25, 0.3) is 0 Å². The third-order valence-electron chi connectivity index (χ3n) is 12.0. The van der Waals surface area contributed by atoms with Crippen LogP contribution in [0.15, 0.2) is 194 Å². The predicted molar refractivity (Wildman–Crippen MR) is 231 cm³/mol. The van der Waals surface area contributed by atoms with Crippen LogP contribution in [0.25, 0.3) is 75.5 Å². The second kappa shape index (κ2) is 11.6. The molecule has 0 saturated heterocycles. The summed E-state index contributed by atoms with van der Waals surface area (Å²) in [6.45, 7) is 0. The maximum Gasteiger partial charge on any atom is 0.135 e. The van der Waals surface area contributed by atoms with Gasteiger partial charge in [0.1, 0.15) is 11.5 Å². The Kier molecular flexibility index (Phi) is 6.49. The van der Waals surface area contributed by atoms with Gasteiger partial charge in [-0.3, -0.25) is 0 Å². The highest BCUT2D eigenvalue weighted by Crippen LogP contribution is 2.59. The maximum absolute atomic E-state index is 6.77. The zero-order valence-electron chi connectivity index (χ0n) is 29.8. The summed E-state index contributed by atoms with van der Waals surface area (Å²) < 4.78 is 9.40. The van der Waals surface area contributed by atoms with Gasteiger partial charge in [0, 0.05) is 31.1 Å². The van der Waals surface area contributed by atoms with E-state index in [4.69, 9.17) is 4.74 Å². The van der Waals surface area contributed by atoms with Gasteiger partial charge in [-0.15, -0.1) is 11.3 Å². The lowest BCUT2D eigenvalue weighted by Crippen LogP contribution is -2.28. The molecule has 0 N–H and O–H groups in total. The summed E-state index contributed by atoms with van der Waals surface area (Å²) in [4.78, 5) is 0. The monoisotopic (exact) mass is 716 g/mol. The summed E-state index contributed by atoms with van der Waals surface area (Å²) in [6, 6.07) is 71.3. The molecule has 0 amide bonds. The molecule has 0 radical (unpaired) electrons. The van der Waals surface area contributed by atoms with Crippen molar-refractivity contribution in [1.29, 1.82) is 0 Å². The highest BCUT2D eigenvalue weighted by atomic mass is 32.1. The van der Waals surface area contributed by atoms with Crippen LogP contribution in [0.3, 0.4) is 0 Å². The Morgan fingerprint density at radius 3 is 1.84 bits per heavy atom. The summed E-state index contributed by atoms with van der Waals surface area (Å²) in [5.74, 6) is 1.79. The van der Waals surface area contributed by atoms with E-state index in [0.717, 1.165) is 22.4 Å². The van der Waals surface area contributed by atoms with Crippen molar-refractivity contribution in [2.75, 3.05) is 0 Å². The van der Waals surface area contributed by atoms with Crippen molar-refractivity contribution >= 4 is 42.3 Å². The Labute approximate surface area is 323 Å². The standard InChI is InChI=1S/C53H32OS/c1-3-14-34(15-4-1)53(35-16-5-2-6-17-35)45-25-9-7-19-43(45)50-39(23-13-26-46(50)53)37-29-31-48-51-40(37)21-12-22-41(51)44-32-33(28-30-47(44)54-48)36-20-11-24-42-38-18-8-10-27-49(38)55-52(36)42/h1-32H. The van der Waals surface area contributed by atoms with E-state index in [0.29, 0.717) is 0 Å². The quantitative estimate of drug-likeness (QED) is 0.176. The minimum atomic E-state index is -0.452. The van der Waals surface area contributed by atoms with Crippen LogP contribution < -0.4 is 4.74 Å². The number of ether oxygens (including phenoxy) is 1. The summed E-state index contributed by atoms with van der Waals surface area (Å²) in [5.41, 5.74) is 14.5. The molecule has 0 unspecified atom stereocenters. The molecule has 0 atom stereocenters. The molecule has 0 fully saturated rings. The maximum atomic E-state index is 6.77. The van der Waals surface area contributed by atoms with Crippen LogP contribution in [0.4, 0.5) is 0 Å². The van der Waals surface area contributed by atoms with E-state index in [2.05, 4.69) is 194 Å². The molecular formula is C53H32OS. The highest BCUT2D eigenvalue weighted by molar-refractivity contribution is 7.26. The first kappa shape index (κ1) is 30.7. The van der Waals surface area contributed by atoms with Crippen LogP contribution in [0, 0.1) is 0 Å². The largest absolute Gasteiger partial charge is 0.456 e. The second-order valence-electron chi connectivity index (χ2n) is 14.7. The molecule has 1 nitrogen and oxygen atoms in total. The Hall–Kier alpha value is -6.74. The number of hydrogen-bond donors (Lipinski definition) is 0. The molecule has 1 aliphatic heterocycles. The van der Waals surface area contributed by atoms with Gasteiger partial charge in [0.05, 0.1) is 5.41 Å². The van der Waals surface area contributed by atoms with Gasteiger partial charge in [-0.2, -0.15) is 0 Å². The number of rotatable bonds is 4. The lowest BCUT2D eigenvalue weighted by molar-refractivity contribution is 0.487. The molecule has 2 heterocycles. The molecule has 9 aromatic carbocycles. The summed E-state index contributed by atoms with van der Waals surface area (Å²) in [6.07, 6.45) is 0. The minimum absolute atomic E-state index is 0.452. The average Bonchev–Trinajstić information content (AvgIpc) is 3.79. The molecular weight excluding hydrogens is 685 g/mol. The summed E-state index contributed by atoms with van der Waals surface area (Å²) in [7, 11) is 0. The smallest absolute Gasteiger partial charge is 0.135 e. The SMILES string of the molecule is c1ccc(C2(c3ccccc3)c3ccccc3-c3c(-c4ccc5c6c(cccc46)-c4cc(-c6cccc7c6sc6ccccc67)ccc4O5)cccc32)cc1. The van der Waals surface area contributed by atoms with Gasteiger partial charge in [0.2, 0.25) is 0 Å². The number of thiophene rings is 1. The topological polar surface area (TPSA) is 9.23 Å². The Bertz CT molecular complexity index is 3130. The fourth-order valence-corrected chi connectivity index (χ4v) is 11.0. The Morgan fingerprint density at radius 1 is 0.382 bits per heavy atom. The number of hydrogen-bond acceptors (Lipinski definition) is 2. The van der Waals surface area contributed by atoms with Crippen molar-refractivity contribution in [2.45, 2.75) is 5.41 Å². The highest BCUT2D eigenvalue weighted by Gasteiger charge is 2.46. The molecule has 55 heavy (non-hydrogen) atoms. The van der Waals surface area contributed by atoms with Gasteiger partial charge in [-0.1, -0.05) is 170 Å². The molecule has 0 spiro atoms. The fourth-order valence-electron chi connectivity index (χ4n) is 9.73. The molecule has 0 bridgehead atoms. The van der Waals surface area contributed by atoms with Crippen molar-refractivity contribution in [1.82, 2.24) is 0 Å². The Balaban J connectivity index is 1.08. The summed E-state index contributed by atoms with van der Waals surface area (Å²) in [5, 5.41) is 4.98. The Morgan fingerprint density at radius 2 is 1.00 bits per heavy atom. The molecule has 1 aromatic heterocycles. The van der Waals surface area contributed by atoms with Crippen molar-refractivity contribution in [3.8, 4) is 56.0 Å². The van der Waals surface area contributed by atoms with Crippen molar-refractivity contribution in [2.24, 2.45) is 0 Å². The van der Waals surface area contributed by atoms with E-state index in [9.17, 15) is 0 Å². The lowest BCUT2D eigenvalue weighted by Gasteiger charge is -2.34. The fraction of sp³-hybridized carbons (Fsp3) is 0.0189. The number of benzene rings is 9. The van der Waals surface area contributed by atoms with Crippen LogP contribution in [-0.2, 0) is 5.41 Å². The summed E-state index contributed by atoms with van der Waals surface area (Å²) >= 11 is 1.87. The van der Waals surface area contributed by atoms with Crippen molar-refractivity contribution in [3.05, 3.63) is 216 Å². The molecule has 12 rings (SSSR count). The lowest BCUT2D eigenvalue weighted by atomic mass is 9.67. The molecule has 256 valence electrons. The zero-order chi connectivity index (χ0) is 36.1. The molecule has 1 aliphatic carbocycles. The number of fused-ring (bicyclic) bond motifs is 8.